The van der Waals surface area contributed by atoms with Gasteiger partial charge in [0.15, 0.2) is 0 Å². The van der Waals surface area contributed by atoms with Gasteiger partial charge in [-0.3, -0.25) is 4.79 Å². The lowest BCUT2D eigenvalue weighted by Crippen LogP contribution is -2.42. The molecule has 0 radical (unpaired) electrons. The Kier molecular flexibility index (Phi) is 5.74. The minimum Gasteiger partial charge on any atom is -0.399 e. The molecule has 0 bridgehead atoms. The van der Waals surface area contributed by atoms with Gasteiger partial charge in [0, 0.05) is 24.2 Å². The molecule has 1 aromatic rings. The SMILES string of the molecule is CC(C)(C)NC(=O)CCNS(=O)(=O)Cc1ccc(N)cc1. The van der Waals surface area contributed by atoms with Crippen LogP contribution < -0.4 is 15.8 Å². The van der Waals surface area contributed by atoms with Gasteiger partial charge in [0.2, 0.25) is 15.9 Å². The number of carbonyl (C=O) groups excluding carboxylic acids is 1. The molecule has 0 saturated heterocycles. The first-order valence-electron chi connectivity index (χ1n) is 6.70. The predicted molar refractivity (Wildman–Crippen MR) is 84.0 cm³/mol. The van der Waals surface area contributed by atoms with E-state index < -0.39 is 10.0 Å². The van der Waals surface area contributed by atoms with Gasteiger partial charge in [-0.05, 0) is 38.5 Å². The Bertz CT molecular complexity index is 574. The van der Waals surface area contributed by atoms with Crippen LogP contribution in [0.15, 0.2) is 24.3 Å². The van der Waals surface area contributed by atoms with Crippen LogP contribution in [0.1, 0.15) is 32.8 Å². The second-order valence-corrected chi connectivity index (χ2v) is 7.75. The van der Waals surface area contributed by atoms with E-state index in [1.807, 2.05) is 20.8 Å². The van der Waals surface area contributed by atoms with Gasteiger partial charge in [0.05, 0.1) is 5.75 Å². The summed E-state index contributed by atoms with van der Waals surface area (Å²) >= 11 is 0. The van der Waals surface area contributed by atoms with Crippen molar-refractivity contribution in [1.29, 1.82) is 0 Å². The monoisotopic (exact) mass is 313 g/mol. The van der Waals surface area contributed by atoms with Crippen molar-refractivity contribution in [3.63, 3.8) is 0 Å². The molecule has 7 heteroatoms. The molecule has 0 unspecified atom stereocenters. The van der Waals surface area contributed by atoms with Crippen LogP contribution in [0.5, 0.6) is 0 Å². The van der Waals surface area contributed by atoms with E-state index in [0.717, 1.165) is 0 Å². The number of hydrogen-bond acceptors (Lipinski definition) is 4. The maximum atomic E-state index is 11.9. The van der Waals surface area contributed by atoms with E-state index in [0.29, 0.717) is 11.3 Å². The van der Waals surface area contributed by atoms with Gasteiger partial charge in [-0.1, -0.05) is 12.1 Å². The zero-order valence-corrected chi connectivity index (χ0v) is 13.5. The Hall–Kier alpha value is -1.60. The van der Waals surface area contributed by atoms with Gasteiger partial charge >= 0.3 is 0 Å². The van der Waals surface area contributed by atoms with Crippen molar-refractivity contribution in [2.45, 2.75) is 38.5 Å². The summed E-state index contributed by atoms with van der Waals surface area (Å²) in [6.45, 7) is 5.70. The van der Waals surface area contributed by atoms with Gasteiger partial charge < -0.3 is 11.1 Å². The van der Waals surface area contributed by atoms with Crippen LogP contribution in [0.4, 0.5) is 5.69 Å². The smallest absolute Gasteiger partial charge is 0.221 e. The van der Waals surface area contributed by atoms with Crippen LogP contribution in [-0.4, -0.2) is 26.4 Å². The molecular weight excluding hydrogens is 290 g/mol. The molecule has 0 aliphatic carbocycles. The van der Waals surface area contributed by atoms with Crippen molar-refractivity contribution < 1.29 is 13.2 Å². The number of carbonyl (C=O) groups is 1. The molecule has 0 spiro atoms. The highest BCUT2D eigenvalue weighted by atomic mass is 32.2. The Morgan fingerprint density at radius 2 is 1.76 bits per heavy atom. The summed E-state index contributed by atoms with van der Waals surface area (Å²) in [7, 11) is -3.46. The van der Waals surface area contributed by atoms with Gasteiger partial charge in [0.1, 0.15) is 0 Å². The molecule has 0 aromatic heterocycles. The second-order valence-electron chi connectivity index (χ2n) is 5.94. The minimum atomic E-state index is -3.46. The first-order chi connectivity index (χ1) is 9.57. The molecule has 0 aliphatic rings. The minimum absolute atomic E-state index is 0.0826. The summed E-state index contributed by atoms with van der Waals surface area (Å²) in [5.41, 5.74) is 6.46. The van der Waals surface area contributed by atoms with Crippen LogP contribution in [0.25, 0.3) is 0 Å². The van der Waals surface area contributed by atoms with E-state index in [1.165, 1.54) is 0 Å². The Labute approximate surface area is 126 Å². The predicted octanol–water partition coefficient (Wildman–Crippen LogP) is 0.993. The van der Waals surface area contributed by atoms with Crippen LogP contribution in [-0.2, 0) is 20.6 Å². The molecule has 0 heterocycles. The number of nitrogen functional groups attached to an aromatic ring is 1. The number of amides is 1. The highest BCUT2D eigenvalue weighted by Gasteiger charge is 2.15. The molecule has 0 fully saturated rings. The van der Waals surface area contributed by atoms with Crippen molar-refractivity contribution >= 4 is 21.6 Å². The third-order valence-corrected chi connectivity index (χ3v) is 3.88. The summed E-state index contributed by atoms with van der Waals surface area (Å²) in [6, 6.07) is 6.64. The maximum Gasteiger partial charge on any atom is 0.221 e. The third kappa shape index (κ3) is 7.67. The summed E-state index contributed by atoms with van der Waals surface area (Å²) < 4.78 is 26.2. The summed E-state index contributed by atoms with van der Waals surface area (Å²) in [6.07, 6.45) is 0.109. The van der Waals surface area contributed by atoms with Crippen LogP contribution in [0.3, 0.4) is 0 Å². The number of benzene rings is 1. The summed E-state index contributed by atoms with van der Waals surface area (Å²) in [5, 5.41) is 2.77. The number of nitrogens with two attached hydrogens (primary N) is 1. The zero-order valence-electron chi connectivity index (χ0n) is 12.6. The molecule has 6 nitrogen and oxygen atoms in total. The zero-order chi connectivity index (χ0) is 16.1. The molecule has 1 rings (SSSR count). The summed E-state index contributed by atoms with van der Waals surface area (Å²) in [5.74, 6) is -0.313. The lowest BCUT2D eigenvalue weighted by atomic mass is 10.1. The van der Waals surface area contributed by atoms with E-state index in [1.54, 1.807) is 24.3 Å². The average molecular weight is 313 g/mol. The molecule has 118 valence electrons. The third-order valence-electron chi connectivity index (χ3n) is 2.52. The van der Waals surface area contributed by atoms with Crippen LogP contribution in [0.2, 0.25) is 0 Å². The number of anilines is 1. The first kappa shape index (κ1) is 17.5. The second kappa shape index (κ2) is 6.91. The highest BCUT2D eigenvalue weighted by Crippen LogP contribution is 2.08. The molecule has 0 atom stereocenters. The topological polar surface area (TPSA) is 101 Å². The van der Waals surface area contributed by atoms with Gasteiger partial charge in [-0.25, -0.2) is 13.1 Å². The van der Waals surface area contributed by atoms with E-state index in [-0.39, 0.29) is 30.2 Å². The quantitative estimate of drug-likeness (QED) is 0.682. The van der Waals surface area contributed by atoms with Crippen molar-refractivity contribution in [1.82, 2.24) is 10.0 Å². The molecule has 4 N–H and O–H groups in total. The summed E-state index contributed by atoms with van der Waals surface area (Å²) in [4.78, 5) is 11.6. The number of sulfonamides is 1. The Morgan fingerprint density at radius 1 is 1.19 bits per heavy atom. The first-order valence-corrected chi connectivity index (χ1v) is 8.35. The standard InChI is InChI=1S/C14H23N3O3S/c1-14(2,3)17-13(18)8-9-16-21(19,20)10-11-4-6-12(15)7-5-11/h4-7,16H,8-10,15H2,1-3H3,(H,17,18). The van der Waals surface area contributed by atoms with Gasteiger partial charge in [-0.2, -0.15) is 0 Å². The fourth-order valence-electron chi connectivity index (χ4n) is 1.69. The van der Waals surface area contributed by atoms with Crippen molar-refractivity contribution in [3.05, 3.63) is 29.8 Å². The highest BCUT2D eigenvalue weighted by molar-refractivity contribution is 7.88. The van der Waals surface area contributed by atoms with E-state index in [2.05, 4.69) is 10.0 Å². The van der Waals surface area contributed by atoms with E-state index in [4.69, 9.17) is 5.73 Å². The number of nitrogens with one attached hydrogen (secondary N) is 2. The lowest BCUT2D eigenvalue weighted by Gasteiger charge is -2.20. The average Bonchev–Trinajstić information content (AvgIpc) is 2.29. The van der Waals surface area contributed by atoms with Gasteiger partial charge in [0.25, 0.3) is 0 Å². The maximum absolute atomic E-state index is 11.9. The largest absolute Gasteiger partial charge is 0.399 e. The van der Waals surface area contributed by atoms with E-state index in [9.17, 15) is 13.2 Å². The molecule has 1 amide bonds. The fourth-order valence-corrected chi connectivity index (χ4v) is 2.83. The van der Waals surface area contributed by atoms with Crippen LogP contribution >= 0.6 is 0 Å². The van der Waals surface area contributed by atoms with Crippen molar-refractivity contribution in [2.24, 2.45) is 0 Å². The number of hydrogen-bond donors (Lipinski definition) is 3. The van der Waals surface area contributed by atoms with Crippen LogP contribution in [0, 0.1) is 0 Å². The van der Waals surface area contributed by atoms with E-state index >= 15 is 0 Å². The molecular formula is C14H23N3O3S. The lowest BCUT2D eigenvalue weighted by molar-refractivity contribution is -0.122. The Morgan fingerprint density at radius 3 is 2.29 bits per heavy atom. The Balaban J connectivity index is 2.43. The molecule has 1 aromatic carbocycles. The molecule has 0 aliphatic heterocycles. The van der Waals surface area contributed by atoms with Crippen molar-refractivity contribution in [3.8, 4) is 0 Å². The van der Waals surface area contributed by atoms with Crippen molar-refractivity contribution in [2.75, 3.05) is 12.3 Å². The fraction of sp³-hybridized carbons (Fsp3) is 0.500. The normalized spacial score (nSPS) is 12.1. The number of rotatable bonds is 6. The molecule has 21 heavy (non-hydrogen) atoms. The van der Waals surface area contributed by atoms with Gasteiger partial charge in [-0.15, -0.1) is 0 Å². The molecule has 0 saturated carbocycles.